The van der Waals surface area contributed by atoms with E-state index in [1.165, 1.54) is 12.1 Å². The molecule has 3 rings (SSSR count). The van der Waals surface area contributed by atoms with Gasteiger partial charge in [-0.15, -0.1) is 0 Å². The molecule has 5 heteroatoms. The van der Waals surface area contributed by atoms with Gasteiger partial charge in [0.1, 0.15) is 5.82 Å². The smallest absolute Gasteiger partial charge is 0.244 e. The van der Waals surface area contributed by atoms with E-state index >= 15 is 0 Å². The van der Waals surface area contributed by atoms with Crippen LogP contribution in [0.15, 0.2) is 54.7 Å². The number of nitrogens with one attached hydrogen (secondary N) is 2. The topological polar surface area (TPSA) is 54.1 Å². The summed E-state index contributed by atoms with van der Waals surface area (Å²) in [7, 11) is 0. The Morgan fingerprint density at radius 3 is 2.71 bits per heavy atom. The van der Waals surface area contributed by atoms with Crippen LogP contribution >= 0.6 is 0 Å². The van der Waals surface area contributed by atoms with Gasteiger partial charge in [-0.1, -0.05) is 30.3 Å². The summed E-state index contributed by atoms with van der Waals surface area (Å²) in [4.78, 5) is 20.4. The van der Waals surface area contributed by atoms with Crippen molar-refractivity contribution in [1.29, 1.82) is 0 Å². The van der Waals surface area contributed by atoms with Crippen molar-refractivity contribution in [2.75, 3.05) is 6.61 Å². The fourth-order valence-corrected chi connectivity index (χ4v) is 2.86. The normalized spacial score (nSPS) is 12.2. The Hall–Kier alpha value is -2.66. The number of rotatable bonds is 6. The highest BCUT2D eigenvalue weighted by Crippen LogP contribution is 2.33. The van der Waals surface area contributed by atoms with Crippen LogP contribution in [0.3, 0.4) is 0 Å². The summed E-state index contributed by atoms with van der Waals surface area (Å²) < 4.78 is 13.3. The number of H-pyrrole nitrogens is 1. The Bertz CT molecular complexity index is 827. The molecule has 1 amide bonds. The van der Waals surface area contributed by atoms with E-state index in [9.17, 15) is 9.18 Å². The number of benzene rings is 2. The van der Waals surface area contributed by atoms with Crippen LogP contribution in [0.5, 0.6) is 0 Å². The summed E-state index contributed by atoms with van der Waals surface area (Å²) in [5.74, 6) is -0.700. The van der Waals surface area contributed by atoms with E-state index in [0.717, 1.165) is 22.0 Å². The summed E-state index contributed by atoms with van der Waals surface area (Å²) in [5.41, 5.74) is 5.32. The first-order chi connectivity index (χ1) is 11.7. The van der Waals surface area contributed by atoms with E-state index in [-0.39, 0.29) is 24.1 Å². The molecule has 0 spiro atoms. The second-order valence-electron chi connectivity index (χ2n) is 5.56. The minimum absolute atomic E-state index is 0.192. The van der Waals surface area contributed by atoms with Crippen molar-refractivity contribution in [2.24, 2.45) is 0 Å². The average Bonchev–Trinajstić information content (AvgIpc) is 3.03. The lowest BCUT2D eigenvalue weighted by molar-refractivity contribution is -0.133. The summed E-state index contributed by atoms with van der Waals surface area (Å²) in [5, 5.41) is 1.05. The molecule has 2 aromatic carbocycles. The largest absolute Gasteiger partial charge is 0.361 e. The van der Waals surface area contributed by atoms with Gasteiger partial charge in [-0.3, -0.25) is 9.63 Å². The fraction of sp³-hybridized carbons (Fsp3) is 0.211. The number of aromatic amines is 1. The first-order valence-corrected chi connectivity index (χ1v) is 7.91. The summed E-state index contributed by atoms with van der Waals surface area (Å²) >= 11 is 0. The van der Waals surface area contributed by atoms with E-state index in [1.54, 1.807) is 19.1 Å². The monoisotopic (exact) mass is 326 g/mol. The summed E-state index contributed by atoms with van der Waals surface area (Å²) in [6.45, 7) is 2.21. The number of aromatic nitrogens is 1. The molecule has 3 aromatic rings. The first-order valence-electron chi connectivity index (χ1n) is 7.91. The Balaban J connectivity index is 1.98. The van der Waals surface area contributed by atoms with Crippen LogP contribution in [0, 0.1) is 5.82 Å². The number of carbonyl (C=O) groups is 1. The number of halogens is 1. The zero-order chi connectivity index (χ0) is 16.9. The molecule has 0 radical (unpaired) electrons. The average molecular weight is 326 g/mol. The maximum atomic E-state index is 13.3. The SMILES string of the molecule is CCONC(=O)CC(c1ccc(F)cc1)c1c[nH]c2ccccc12. The van der Waals surface area contributed by atoms with Crippen molar-refractivity contribution in [1.82, 2.24) is 10.5 Å². The van der Waals surface area contributed by atoms with E-state index in [4.69, 9.17) is 4.84 Å². The van der Waals surface area contributed by atoms with Crippen LogP contribution in [0.2, 0.25) is 0 Å². The Morgan fingerprint density at radius 1 is 1.21 bits per heavy atom. The standard InChI is InChI=1S/C19H19FN2O2/c1-2-24-22-19(23)11-16(13-7-9-14(20)10-8-13)17-12-21-18-6-4-3-5-15(17)18/h3-10,12,16,21H,2,11H2,1H3,(H,22,23). The summed E-state index contributed by atoms with van der Waals surface area (Å²) in [6, 6.07) is 14.2. The van der Waals surface area contributed by atoms with Gasteiger partial charge >= 0.3 is 0 Å². The third-order valence-electron chi connectivity index (χ3n) is 3.99. The minimum atomic E-state index is -0.296. The second kappa shape index (κ2) is 7.27. The molecule has 0 fully saturated rings. The molecule has 0 bridgehead atoms. The lowest BCUT2D eigenvalue weighted by atomic mass is 9.88. The minimum Gasteiger partial charge on any atom is -0.361 e. The molecule has 1 unspecified atom stereocenters. The molecule has 1 atom stereocenters. The van der Waals surface area contributed by atoms with Crippen molar-refractivity contribution in [2.45, 2.75) is 19.3 Å². The number of fused-ring (bicyclic) bond motifs is 1. The molecular formula is C19H19FN2O2. The molecule has 0 aliphatic rings. The highest BCUT2D eigenvalue weighted by Gasteiger charge is 2.21. The Kier molecular flexibility index (Phi) is 4.91. The number of hydroxylamine groups is 1. The van der Waals surface area contributed by atoms with Crippen molar-refractivity contribution < 1.29 is 14.0 Å². The molecule has 4 nitrogen and oxygen atoms in total. The molecule has 1 aromatic heterocycles. The third-order valence-corrected chi connectivity index (χ3v) is 3.99. The van der Waals surface area contributed by atoms with Crippen LogP contribution in [0.1, 0.15) is 30.4 Å². The zero-order valence-corrected chi connectivity index (χ0v) is 13.4. The van der Waals surface area contributed by atoms with Crippen LogP contribution < -0.4 is 5.48 Å². The van der Waals surface area contributed by atoms with Crippen LogP contribution in [-0.4, -0.2) is 17.5 Å². The van der Waals surface area contributed by atoms with Crippen molar-refractivity contribution >= 4 is 16.8 Å². The molecule has 24 heavy (non-hydrogen) atoms. The molecule has 0 aliphatic heterocycles. The molecule has 0 saturated carbocycles. The van der Waals surface area contributed by atoms with Crippen molar-refractivity contribution in [3.05, 3.63) is 71.7 Å². The number of hydrogen-bond donors (Lipinski definition) is 2. The van der Waals surface area contributed by atoms with Gasteiger partial charge in [0.25, 0.3) is 0 Å². The Labute approximate surface area is 139 Å². The zero-order valence-electron chi connectivity index (χ0n) is 13.4. The van der Waals surface area contributed by atoms with Gasteiger partial charge in [0.05, 0.1) is 6.61 Å². The lowest BCUT2D eigenvalue weighted by Crippen LogP contribution is -2.25. The highest BCUT2D eigenvalue weighted by molar-refractivity contribution is 5.85. The number of amides is 1. The van der Waals surface area contributed by atoms with Crippen LogP contribution in [-0.2, 0) is 9.63 Å². The van der Waals surface area contributed by atoms with Gasteiger partial charge in [-0.05, 0) is 36.2 Å². The van der Waals surface area contributed by atoms with Gasteiger partial charge in [-0.2, -0.15) is 0 Å². The van der Waals surface area contributed by atoms with Gasteiger partial charge in [0.2, 0.25) is 5.91 Å². The van der Waals surface area contributed by atoms with E-state index in [0.29, 0.717) is 6.61 Å². The molecule has 2 N–H and O–H groups in total. The third kappa shape index (κ3) is 3.46. The molecule has 0 aliphatic carbocycles. The van der Waals surface area contributed by atoms with E-state index in [2.05, 4.69) is 10.5 Å². The predicted molar refractivity (Wildman–Crippen MR) is 90.9 cm³/mol. The van der Waals surface area contributed by atoms with Gasteiger partial charge in [0, 0.05) is 29.4 Å². The number of hydrogen-bond acceptors (Lipinski definition) is 2. The second-order valence-corrected chi connectivity index (χ2v) is 5.56. The Morgan fingerprint density at radius 2 is 1.96 bits per heavy atom. The number of para-hydroxylation sites is 1. The maximum Gasteiger partial charge on any atom is 0.244 e. The van der Waals surface area contributed by atoms with E-state index < -0.39 is 0 Å². The number of carbonyl (C=O) groups excluding carboxylic acids is 1. The van der Waals surface area contributed by atoms with Gasteiger partial charge < -0.3 is 4.98 Å². The van der Waals surface area contributed by atoms with Crippen LogP contribution in [0.25, 0.3) is 10.9 Å². The molecule has 0 saturated heterocycles. The quantitative estimate of drug-likeness (QED) is 0.675. The van der Waals surface area contributed by atoms with Gasteiger partial charge in [0.15, 0.2) is 0 Å². The molecule has 124 valence electrons. The predicted octanol–water partition coefficient (Wildman–Crippen LogP) is 3.90. The fourth-order valence-electron chi connectivity index (χ4n) is 2.86. The van der Waals surface area contributed by atoms with Crippen molar-refractivity contribution in [3.8, 4) is 0 Å². The summed E-state index contributed by atoms with van der Waals surface area (Å²) in [6.07, 6.45) is 2.13. The van der Waals surface area contributed by atoms with Gasteiger partial charge in [-0.25, -0.2) is 9.87 Å². The van der Waals surface area contributed by atoms with Crippen molar-refractivity contribution in [3.63, 3.8) is 0 Å². The highest BCUT2D eigenvalue weighted by atomic mass is 19.1. The molecular weight excluding hydrogens is 307 g/mol. The first kappa shape index (κ1) is 16.2. The van der Waals surface area contributed by atoms with E-state index in [1.807, 2.05) is 30.5 Å². The maximum absolute atomic E-state index is 13.3. The molecule has 1 heterocycles. The lowest BCUT2D eigenvalue weighted by Gasteiger charge is -2.17. The van der Waals surface area contributed by atoms with Crippen LogP contribution in [0.4, 0.5) is 4.39 Å².